The second-order valence-electron chi connectivity index (χ2n) is 8.29. The third-order valence-corrected chi connectivity index (χ3v) is 6.09. The Morgan fingerprint density at radius 1 is 1.15 bits per heavy atom. The second kappa shape index (κ2) is 9.68. The quantitative estimate of drug-likeness (QED) is 0.607. The van der Waals surface area contributed by atoms with E-state index in [-0.39, 0.29) is 41.1 Å². The number of pyridine rings is 1. The molecule has 3 N–H and O–H groups in total. The molecule has 0 spiro atoms. The lowest BCUT2D eigenvalue weighted by molar-refractivity contribution is 0.00983. The maximum Gasteiger partial charge on any atom is 0.274 e. The van der Waals surface area contributed by atoms with Crippen LogP contribution in [0, 0.1) is 17.6 Å². The van der Waals surface area contributed by atoms with Crippen LogP contribution in [-0.2, 0) is 4.74 Å². The van der Waals surface area contributed by atoms with Crippen molar-refractivity contribution in [3.05, 3.63) is 71.8 Å². The molecule has 0 bridgehead atoms. The minimum atomic E-state index is -0.806. The highest BCUT2D eigenvalue weighted by Gasteiger charge is 2.35. The van der Waals surface area contributed by atoms with E-state index in [2.05, 4.69) is 27.2 Å². The maximum atomic E-state index is 14.1. The van der Waals surface area contributed by atoms with Crippen LogP contribution in [0.3, 0.4) is 0 Å². The fourth-order valence-electron chi connectivity index (χ4n) is 4.59. The zero-order valence-electron chi connectivity index (χ0n) is 18.3. The van der Waals surface area contributed by atoms with Gasteiger partial charge in [0, 0.05) is 25.5 Å². The van der Waals surface area contributed by atoms with Crippen LogP contribution in [0.2, 0.25) is 0 Å². The van der Waals surface area contributed by atoms with Crippen LogP contribution in [0.15, 0.2) is 48.9 Å². The summed E-state index contributed by atoms with van der Waals surface area (Å²) in [4.78, 5) is 25.1. The Morgan fingerprint density at radius 2 is 1.91 bits per heavy atom. The van der Waals surface area contributed by atoms with Gasteiger partial charge in [0.25, 0.3) is 5.91 Å². The molecule has 2 heterocycles. The average molecular weight is 453 g/mol. The van der Waals surface area contributed by atoms with Gasteiger partial charge in [0.1, 0.15) is 17.3 Å². The molecular weight excluding hydrogens is 428 g/mol. The fourth-order valence-corrected chi connectivity index (χ4v) is 4.59. The summed E-state index contributed by atoms with van der Waals surface area (Å²) >= 11 is 0. The third kappa shape index (κ3) is 4.74. The number of nitrogens with zero attached hydrogens (tertiary/aromatic N) is 3. The first-order valence-corrected chi connectivity index (χ1v) is 10.7. The number of aromatic nitrogens is 3. The molecule has 1 aliphatic carbocycles. The van der Waals surface area contributed by atoms with E-state index in [1.807, 2.05) is 6.07 Å². The number of benzene rings is 1. The Kier molecular flexibility index (Phi) is 6.71. The predicted octanol–water partition coefficient (Wildman–Crippen LogP) is 3.92. The van der Waals surface area contributed by atoms with Gasteiger partial charge in [0.2, 0.25) is 0 Å². The molecule has 0 radical (unpaired) electrons. The monoisotopic (exact) mass is 453 g/mol. The molecule has 2 aromatic heterocycles. The molecule has 33 heavy (non-hydrogen) atoms. The van der Waals surface area contributed by atoms with Crippen LogP contribution < -0.4 is 11.1 Å². The van der Waals surface area contributed by atoms with Crippen molar-refractivity contribution in [1.29, 1.82) is 0 Å². The number of carbonyl (C=O) groups excluding carboxylic acids is 1. The van der Waals surface area contributed by atoms with Gasteiger partial charge in [0.05, 0.1) is 23.6 Å². The lowest BCUT2D eigenvalue weighted by Crippen LogP contribution is -2.45. The van der Waals surface area contributed by atoms with E-state index in [0.29, 0.717) is 12.1 Å². The van der Waals surface area contributed by atoms with Crippen molar-refractivity contribution in [3.8, 4) is 11.4 Å². The standard InChI is InChI=1S/C24H25F2N5O2/c1-13-10-14(11-18(27)22(13)33-2)15-6-8-28-12-20(15)31-24(32)19-7-9-29-23(30-19)21-16(25)4-3-5-17(21)26/h3-9,12-14,18,22H,10-11,27H2,1-2H3,(H,31,32)/t13-,14+,18+,22-/m0/s1. The van der Waals surface area contributed by atoms with Crippen LogP contribution >= 0.6 is 0 Å². The Hall–Kier alpha value is -3.30. The van der Waals surface area contributed by atoms with Crippen molar-refractivity contribution in [3.63, 3.8) is 0 Å². The molecule has 7 nitrogen and oxygen atoms in total. The first kappa shape index (κ1) is 22.9. The minimum Gasteiger partial charge on any atom is -0.380 e. The Morgan fingerprint density at radius 3 is 2.61 bits per heavy atom. The molecule has 1 aliphatic rings. The van der Waals surface area contributed by atoms with Gasteiger partial charge in [-0.05, 0) is 54.5 Å². The van der Waals surface area contributed by atoms with E-state index in [1.165, 1.54) is 18.3 Å². The van der Waals surface area contributed by atoms with Crippen LogP contribution in [0.4, 0.5) is 14.5 Å². The molecule has 172 valence electrons. The number of amides is 1. The molecule has 1 saturated carbocycles. The highest BCUT2D eigenvalue weighted by atomic mass is 19.1. The van der Waals surface area contributed by atoms with Crippen LogP contribution in [0.5, 0.6) is 0 Å². The Bertz CT molecular complexity index is 1130. The number of halogens is 2. The number of ether oxygens (including phenoxy) is 1. The van der Waals surface area contributed by atoms with Gasteiger partial charge >= 0.3 is 0 Å². The molecule has 1 aromatic carbocycles. The normalized spacial score (nSPS) is 22.7. The maximum absolute atomic E-state index is 14.1. The van der Waals surface area contributed by atoms with Gasteiger partial charge < -0.3 is 15.8 Å². The van der Waals surface area contributed by atoms with Crippen molar-refractivity contribution >= 4 is 11.6 Å². The smallest absolute Gasteiger partial charge is 0.274 e. The van der Waals surface area contributed by atoms with Gasteiger partial charge in [-0.3, -0.25) is 9.78 Å². The summed E-state index contributed by atoms with van der Waals surface area (Å²) in [5.41, 5.74) is 7.40. The highest BCUT2D eigenvalue weighted by Crippen LogP contribution is 2.39. The van der Waals surface area contributed by atoms with E-state index in [4.69, 9.17) is 10.5 Å². The van der Waals surface area contributed by atoms with E-state index >= 15 is 0 Å². The van der Waals surface area contributed by atoms with Crippen LogP contribution in [-0.4, -0.2) is 40.1 Å². The average Bonchev–Trinajstić information content (AvgIpc) is 2.79. The molecule has 0 unspecified atom stereocenters. The number of rotatable bonds is 5. The van der Waals surface area contributed by atoms with E-state index < -0.39 is 17.5 Å². The summed E-state index contributed by atoms with van der Waals surface area (Å²) in [5.74, 6) is -1.98. The number of methoxy groups -OCH3 is 1. The van der Waals surface area contributed by atoms with Crippen molar-refractivity contribution in [2.24, 2.45) is 11.7 Å². The van der Waals surface area contributed by atoms with Crippen LogP contribution in [0.1, 0.15) is 41.7 Å². The van der Waals surface area contributed by atoms with Gasteiger partial charge in [-0.25, -0.2) is 18.7 Å². The molecule has 0 saturated heterocycles. The number of nitrogens with two attached hydrogens (primary N) is 1. The Labute approximate surface area is 190 Å². The molecule has 4 rings (SSSR count). The van der Waals surface area contributed by atoms with Crippen molar-refractivity contribution < 1.29 is 18.3 Å². The summed E-state index contributed by atoms with van der Waals surface area (Å²) in [5, 5.41) is 2.84. The summed E-state index contributed by atoms with van der Waals surface area (Å²) in [6.07, 6.45) is 6.08. The molecule has 3 aromatic rings. The van der Waals surface area contributed by atoms with E-state index in [0.717, 1.165) is 24.1 Å². The summed E-state index contributed by atoms with van der Waals surface area (Å²) in [6.45, 7) is 2.10. The summed E-state index contributed by atoms with van der Waals surface area (Å²) < 4.78 is 33.8. The first-order chi connectivity index (χ1) is 15.9. The van der Waals surface area contributed by atoms with Crippen molar-refractivity contribution in [2.75, 3.05) is 12.4 Å². The minimum absolute atomic E-state index is 0.0145. The van der Waals surface area contributed by atoms with Gasteiger partial charge in [-0.2, -0.15) is 0 Å². The number of nitrogens with one attached hydrogen (secondary N) is 1. The molecule has 0 aliphatic heterocycles. The van der Waals surface area contributed by atoms with Gasteiger partial charge in [0.15, 0.2) is 5.82 Å². The van der Waals surface area contributed by atoms with Gasteiger partial charge in [-0.1, -0.05) is 13.0 Å². The molecule has 4 atom stereocenters. The first-order valence-electron chi connectivity index (χ1n) is 10.7. The lowest BCUT2D eigenvalue weighted by atomic mass is 9.74. The van der Waals surface area contributed by atoms with Gasteiger partial charge in [-0.15, -0.1) is 0 Å². The van der Waals surface area contributed by atoms with Crippen molar-refractivity contribution in [2.45, 2.75) is 37.8 Å². The van der Waals surface area contributed by atoms with Crippen LogP contribution in [0.25, 0.3) is 11.4 Å². The lowest BCUT2D eigenvalue weighted by Gasteiger charge is -2.38. The second-order valence-corrected chi connectivity index (χ2v) is 8.29. The predicted molar refractivity (Wildman–Crippen MR) is 119 cm³/mol. The number of carbonyl (C=O) groups is 1. The number of anilines is 1. The zero-order chi connectivity index (χ0) is 23.5. The summed E-state index contributed by atoms with van der Waals surface area (Å²) in [7, 11) is 1.67. The Balaban J connectivity index is 1.58. The third-order valence-electron chi connectivity index (χ3n) is 6.09. The zero-order valence-corrected chi connectivity index (χ0v) is 18.3. The molecule has 9 heteroatoms. The number of hydrogen-bond donors (Lipinski definition) is 2. The van der Waals surface area contributed by atoms with E-state index in [9.17, 15) is 13.6 Å². The summed E-state index contributed by atoms with van der Waals surface area (Å²) in [6, 6.07) is 6.60. The van der Waals surface area contributed by atoms with Crippen molar-refractivity contribution in [1.82, 2.24) is 15.0 Å². The largest absolute Gasteiger partial charge is 0.380 e. The molecular formula is C24H25F2N5O2. The molecule has 1 fully saturated rings. The van der Waals surface area contributed by atoms with E-state index in [1.54, 1.807) is 19.5 Å². The number of hydrogen-bond acceptors (Lipinski definition) is 6. The topological polar surface area (TPSA) is 103 Å². The highest BCUT2D eigenvalue weighted by molar-refractivity contribution is 6.03. The SMILES string of the molecule is CO[C@@H]1[C@H](N)C[C@H](c2ccncc2NC(=O)c2ccnc(-c3c(F)cccc3F)n2)C[C@@H]1C. The molecule has 1 amide bonds. The fraction of sp³-hybridized carbons (Fsp3) is 0.333.